The SMILES string of the molecule is CC1(CNCCN2CCCNCC2)CC1. The monoisotopic (exact) mass is 211 g/mol. The smallest absolute Gasteiger partial charge is 0.0107 e. The van der Waals surface area contributed by atoms with E-state index in [1.807, 2.05) is 0 Å². The van der Waals surface area contributed by atoms with E-state index in [2.05, 4.69) is 22.5 Å². The lowest BCUT2D eigenvalue weighted by Crippen LogP contribution is -2.36. The summed E-state index contributed by atoms with van der Waals surface area (Å²) in [5.41, 5.74) is 0.653. The number of nitrogens with zero attached hydrogens (tertiary/aromatic N) is 1. The van der Waals surface area contributed by atoms with Crippen molar-refractivity contribution in [1.29, 1.82) is 0 Å². The van der Waals surface area contributed by atoms with Crippen LogP contribution in [0.5, 0.6) is 0 Å². The van der Waals surface area contributed by atoms with Gasteiger partial charge in [-0.25, -0.2) is 0 Å². The summed E-state index contributed by atoms with van der Waals surface area (Å²) in [5, 5.41) is 7.03. The van der Waals surface area contributed by atoms with Crippen LogP contribution in [0.1, 0.15) is 26.2 Å². The van der Waals surface area contributed by atoms with Crippen LogP contribution in [0, 0.1) is 5.41 Å². The van der Waals surface area contributed by atoms with Crippen molar-refractivity contribution in [1.82, 2.24) is 15.5 Å². The van der Waals surface area contributed by atoms with Gasteiger partial charge in [0.1, 0.15) is 0 Å². The lowest BCUT2D eigenvalue weighted by atomic mass is 10.1. The van der Waals surface area contributed by atoms with Crippen LogP contribution in [0.3, 0.4) is 0 Å². The second kappa shape index (κ2) is 5.28. The predicted octanol–water partition coefficient (Wildman–Crippen LogP) is 0.671. The molecule has 1 heterocycles. The van der Waals surface area contributed by atoms with Crippen molar-refractivity contribution in [2.75, 3.05) is 45.8 Å². The Balaban J connectivity index is 1.52. The van der Waals surface area contributed by atoms with E-state index in [9.17, 15) is 0 Å². The molecule has 2 N–H and O–H groups in total. The van der Waals surface area contributed by atoms with Crippen LogP contribution in [-0.2, 0) is 0 Å². The van der Waals surface area contributed by atoms with E-state index in [-0.39, 0.29) is 0 Å². The van der Waals surface area contributed by atoms with Gasteiger partial charge in [0.15, 0.2) is 0 Å². The van der Waals surface area contributed by atoms with Gasteiger partial charge in [0.25, 0.3) is 0 Å². The summed E-state index contributed by atoms with van der Waals surface area (Å²) in [5.74, 6) is 0. The molecule has 0 aromatic rings. The first-order chi connectivity index (χ1) is 7.29. The Morgan fingerprint density at radius 3 is 2.93 bits per heavy atom. The molecule has 1 saturated heterocycles. The summed E-state index contributed by atoms with van der Waals surface area (Å²) in [6, 6.07) is 0. The largest absolute Gasteiger partial charge is 0.315 e. The molecule has 3 heteroatoms. The molecular weight excluding hydrogens is 186 g/mol. The van der Waals surface area contributed by atoms with Gasteiger partial charge in [0.05, 0.1) is 0 Å². The molecule has 0 amide bonds. The van der Waals surface area contributed by atoms with Crippen LogP contribution in [0.4, 0.5) is 0 Å². The van der Waals surface area contributed by atoms with Gasteiger partial charge in [-0.2, -0.15) is 0 Å². The zero-order valence-electron chi connectivity index (χ0n) is 10.0. The van der Waals surface area contributed by atoms with E-state index < -0.39 is 0 Å². The van der Waals surface area contributed by atoms with Crippen molar-refractivity contribution >= 4 is 0 Å². The summed E-state index contributed by atoms with van der Waals surface area (Å²) in [6.45, 7) is 10.8. The van der Waals surface area contributed by atoms with Gasteiger partial charge in [-0.1, -0.05) is 6.92 Å². The highest BCUT2D eigenvalue weighted by Gasteiger charge is 2.36. The summed E-state index contributed by atoms with van der Waals surface area (Å²) >= 11 is 0. The van der Waals surface area contributed by atoms with Gasteiger partial charge in [0.2, 0.25) is 0 Å². The Morgan fingerprint density at radius 2 is 2.13 bits per heavy atom. The van der Waals surface area contributed by atoms with Gasteiger partial charge in [-0.3, -0.25) is 0 Å². The van der Waals surface area contributed by atoms with Crippen molar-refractivity contribution in [3.63, 3.8) is 0 Å². The second-order valence-electron chi connectivity index (χ2n) is 5.43. The predicted molar refractivity (Wildman–Crippen MR) is 64.1 cm³/mol. The fourth-order valence-electron chi connectivity index (χ4n) is 2.14. The van der Waals surface area contributed by atoms with E-state index in [0.29, 0.717) is 5.41 Å². The third-order valence-corrected chi connectivity index (χ3v) is 3.69. The number of hydrogen-bond donors (Lipinski definition) is 2. The number of hydrogen-bond acceptors (Lipinski definition) is 3. The Hall–Kier alpha value is -0.120. The minimum absolute atomic E-state index is 0.653. The number of rotatable bonds is 5. The molecular formula is C12H25N3. The van der Waals surface area contributed by atoms with E-state index >= 15 is 0 Å². The van der Waals surface area contributed by atoms with Crippen molar-refractivity contribution in [3.8, 4) is 0 Å². The molecule has 3 nitrogen and oxygen atoms in total. The maximum atomic E-state index is 3.59. The first-order valence-electron chi connectivity index (χ1n) is 6.42. The second-order valence-corrected chi connectivity index (χ2v) is 5.43. The molecule has 2 aliphatic rings. The maximum absolute atomic E-state index is 3.59. The standard InChI is InChI=1S/C12H25N3/c1-12(3-4-12)11-14-7-10-15-8-2-5-13-6-9-15/h13-14H,2-11H2,1H3. The minimum Gasteiger partial charge on any atom is -0.315 e. The van der Waals surface area contributed by atoms with Crippen LogP contribution in [0.15, 0.2) is 0 Å². The highest BCUT2D eigenvalue weighted by molar-refractivity contribution is 4.90. The fourth-order valence-corrected chi connectivity index (χ4v) is 2.14. The molecule has 0 radical (unpaired) electrons. The van der Waals surface area contributed by atoms with Crippen molar-refractivity contribution in [2.24, 2.45) is 5.41 Å². The molecule has 2 fully saturated rings. The van der Waals surface area contributed by atoms with Crippen molar-refractivity contribution in [3.05, 3.63) is 0 Å². The van der Waals surface area contributed by atoms with Gasteiger partial charge in [-0.15, -0.1) is 0 Å². The van der Waals surface area contributed by atoms with Crippen molar-refractivity contribution < 1.29 is 0 Å². The van der Waals surface area contributed by atoms with E-state index in [1.54, 1.807) is 0 Å². The summed E-state index contributed by atoms with van der Waals surface area (Å²) < 4.78 is 0. The van der Waals surface area contributed by atoms with E-state index in [4.69, 9.17) is 0 Å². The number of nitrogens with one attached hydrogen (secondary N) is 2. The highest BCUT2D eigenvalue weighted by Crippen LogP contribution is 2.43. The van der Waals surface area contributed by atoms with E-state index in [1.165, 1.54) is 52.0 Å². The van der Waals surface area contributed by atoms with E-state index in [0.717, 1.165) is 13.1 Å². The summed E-state index contributed by atoms with van der Waals surface area (Å²) in [4.78, 5) is 2.57. The molecule has 0 bridgehead atoms. The molecule has 15 heavy (non-hydrogen) atoms. The third-order valence-electron chi connectivity index (χ3n) is 3.69. The van der Waals surface area contributed by atoms with Gasteiger partial charge >= 0.3 is 0 Å². The zero-order chi connectivity index (χ0) is 10.6. The van der Waals surface area contributed by atoms with Crippen molar-refractivity contribution in [2.45, 2.75) is 26.2 Å². The Kier molecular flexibility index (Phi) is 4.00. The first kappa shape index (κ1) is 11.4. The molecule has 0 spiro atoms. The maximum Gasteiger partial charge on any atom is 0.0107 e. The molecule has 0 atom stereocenters. The Bertz CT molecular complexity index is 181. The summed E-state index contributed by atoms with van der Waals surface area (Å²) in [7, 11) is 0. The van der Waals surface area contributed by atoms with Gasteiger partial charge in [-0.05, 0) is 37.8 Å². The van der Waals surface area contributed by atoms with Crippen LogP contribution >= 0.6 is 0 Å². The molecule has 1 aliphatic carbocycles. The van der Waals surface area contributed by atoms with Crippen LogP contribution in [0.25, 0.3) is 0 Å². The Labute approximate surface area is 93.6 Å². The van der Waals surface area contributed by atoms with Gasteiger partial charge < -0.3 is 15.5 Å². The lowest BCUT2D eigenvalue weighted by Gasteiger charge is -2.20. The van der Waals surface area contributed by atoms with Crippen LogP contribution in [-0.4, -0.2) is 50.7 Å². The molecule has 1 aliphatic heterocycles. The molecule has 88 valence electrons. The normalized spacial score (nSPS) is 26.2. The lowest BCUT2D eigenvalue weighted by molar-refractivity contribution is 0.288. The van der Waals surface area contributed by atoms with Gasteiger partial charge in [0, 0.05) is 32.7 Å². The topological polar surface area (TPSA) is 27.3 Å². The van der Waals surface area contributed by atoms with Crippen LogP contribution in [0.2, 0.25) is 0 Å². The minimum atomic E-state index is 0.653. The average Bonchev–Trinajstić information content (AvgIpc) is 2.98. The first-order valence-corrected chi connectivity index (χ1v) is 6.42. The molecule has 0 unspecified atom stereocenters. The molecule has 2 rings (SSSR count). The summed E-state index contributed by atoms with van der Waals surface area (Å²) in [6.07, 6.45) is 4.15. The third kappa shape index (κ3) is 4.09. The van der Waals surface area contributed by atoms with Crippen LogP contribution < -0.4 is 10.6 Å². The average molecular weight is 211 g/mol. The highest BCUT2D eigenvalue weighted by atomic mass is 15.2. The zero-order valence-corrected chi connectivity index (χ0v) is 10.0. The molecule has 0 aromatic carbocycles. The fraction of sp³-hybridized carbons (Fsp3) is 1.00. The Morgan fingerprint density at radius 1 is 1.27 bits per heavy atom. The molecule has 0 aromatic heterocycles. The quantitative estimate of drug-likeness (QED) is 0.655. The molecule has 1 saturated carbocycles.